The molecule has 0 radical (unpaired) electrons. The molecule has 7 N–H and O–H groups in total. The number of hydrogen-bond acceptors (Lipinski definition) is 11. The van der Waals surface area contributed by atoms with Crippen LogP contribution in [0.2, 0.25) is 0 Å². The predicted molar refractivity (Wildman–Crippen MR) is 275 cm³/mol. The molecule has 0 aromatic carbocycles. The summed E-state index contributed by atoms with van der Waals surface area (Å²) in [4.78, 5) is 13.2. The molecule has 68 heavy (non-hydrogen) atoms. The van der Waals surface area contributed by atoms with Crippen molar-refractivity contribution < 1.29 is 57.0 Å². The van der Waals surface area contributed by atoms with Crippen LogP contribution >= 0.6 is 0 Å². The Morgan fingerprint density at radius 2 is 0.985 bits per heavy atom. The Morgan fingerprint density at radius 3 is 1.40 bits per heavy atom. The van der Waals surface area contributed by atoms with Crippen molar-refractivity contribution in [3.63, 3.8) is 0 Å². The van der Waals surface area contributed by atoms with Gasteiger partial charge in [-0.1, -0.05) is 231 Å². The summed E-state index contributed by atoms with van der Waals surface area (Å²) in [6.07, 6.45) is 40.7. The fraction of sp³-hybridized carbons (Fsp3) is 0.907. The van der Waals surface area contributed by atoms with Crippen molar-refractivity contribution in [1.82, 2.24) is 5.32 Å². The van der Waals surface area contributed by atoms with Crippen LogP contribution in [-0.2, 0) is 28.9 Å². The van der Waals surface area contributed by atoms with Crippen LogP contribution in [0.4, 0.5) is 0 Å². The van der Waals surface area contributed by atoms with Gasteiger partial charge in [0.1, 0.15) is 30.5 Å². The van der Waals surface area contributed by atoms with Crippen LogP contribution in [0, 0.1) is 0 Å². The Labute approximate surface area is 415 Å². The van der Waals surface area contributed by atoms with Crippen LogP contribution in [0.5, 0.6) is 0 Å². The highest BCUT2D eigenvalue weighted by atomic mass is 32.3. The van der Waals surface area contributed by atoms with E-state index in [1.807, 2.05) is 0 Å². The third-order valence-corrected chi connectivity index (χ3v) is 13.8. The fourth-order valence-electron chi connectivity index (χ4n) is 8.97. The van der Waals surface area contributed by atoms with E-state index < -0.39 is 78.5 Å². The van der Waals surface area contributed by atoms with Crippen molar-refractivity contribution in [1.29, 1.82) is 0 Å². The minimum Gasteiger partial charge on any atom is -0.394 e. The van der Waals surface area contributed by atoms with Crippen LogP contribution in [0.1, 0.15) is 251 Å². The van der Waals surface area contributed by atoms with Gasteiger partial charge in [-0.05, 0) is 44.9 Å². The van der Waals surface area contributed by atoms with Gasteiger partial charge in [-0.2, -0.15) is 8.42 Å². The second-order valence-electron chi connectivity index (χ2n) is 19.7. The molecule has 0 saturated carbocycles. The summed E-state index contributed by atoms with van der Waals surface area (Å²) in [5, 5.41) is 55.6. The van der Waals surface area contributed by atoms with Crippen molar-refractivity contribution in [3.05, 3.63) is 24.3 Å². The summed E-state index contributed by atoms with van der Waals surface area (Å²) in [5.74, 6) is -0.674. The third kappa shape index (κ3) is 35.6. The number of carbonyl (C=O) groups is 1. The zero-order chi connectivity index (χ0) is 49.9. The van der Waals surface area contributed by atoms with E-state index in [0.29, 0.717) is 19.3 Å². The maximum atomic E-state index is 13.2. The average molecular weight is 990 g/mol. The average Bonchev–Trinajstić information content (AvgIpc) is 3.31. The molecule has 1 fully saturated rings. The molecule has 1 rings (SSSR count). The van der Waals surface area contributed by atoms with E-state index in [4.69, 9.17) is 9.47 Å². The zero-order valence-corrected chi connectivity index (χ0v) is 43.9. The van der Waals surface area contributed by atoms with Gasteiger partial charge in [0.2, 0.25) is 5.91 Å². The minimum atomic E-state index is -5.11. The number of hydrogen-bond donors (Lipinski definition) is 7. The summed E-state index contributed by atoms with van der Waals surface area (Å²) >= 11 is 0. The standard InChI is InChI=1S/C54H103NO12S/c1-3-5-7-9-11-13-15-17-19-21-22-23-24-25-27-29-31-33-35-37-39-41-43-48(58)53(61)55-46(45-65-54-51(60)52(67-68(62,63)64)50(59)49(44-56)66-54)47(57)42-40-38-36-34-32-30-28-26-20-18-16-14-12-10-8-6-4-2/h22-23,25,27,46-52,54,56-60H,3-21,24,26,28-45H2,1-2H3,(H,55,61)(H,62,63,64)/b23-22-,27-25-. The summed E-state index contributed by atoms with van der Waals surface area (Å²) in [5.41, 5.74) is 0. The van der Waals surface area contributed by atoms with E-state index in [0.717, 1.165) is 64.2 Å². The molecule has 0 aromatic heterocycles. The number of rotatable bonds is 48. The van der Waals surface area contributed by atoms with Gasteiger partial charge in [0, 0.05) is 0 Å². The Bertz CT molecular complexity index is 1320. The first-order valence-corrected chi connectivity index (χ1v) is 29.2. The molecule has 402 valence electrons. The van der Waals surface area contributed by atoms with Crippen molar-refractivity contribution >= 4 is 16.3 Å². The van der Waals surface area contributed by atoms with E-state index in [2.05, 4.69) is 47.7 Å². The monoisotopic (exact) mass is 990 g/mol. The SMILES string of the molecule is CCCCCCCCCCC/C=C\C/C=C\CCCCCCCCC(O)C(=O)NC(COC1OC(CO)C(O)C(OS(=O)(=O)O)C1O)C(O)CCCCCCCCCCCCCCCCCCC. The van der Waals surface area contributed by atoms with Crippen LogP contribution in [-0.4, -0.2) is 107 Å². The molecule has 1 aliphatic heterocycles. The van der Waals surface area contributed by atoms with Gasteiger partial charge in [0.05, 0.1) is 25.4 Å². The number of nitrogens with one attached hydrogen (secondary N) is 1. The molecule has 0 spiro atoms. The second kappa shape index (κ2) is 44.3. The molecule has 0 aliphatic carbocycles. The molecule has 8 atom stereocenters. The number of unbranched alkanes of at least 4 members (excludes halogenated alkanes) is 31. The van der Waals surface area contributed by atoms with Crippen molar-refractivity contribution in [2.24, 2.45) is 0 Å². The van der Waals surface area contributed by atoms with E-state index in [-0.39, 0.29) is 6.42 Å². The Balaban J connectivity index is 2.44. The lowest BCUT2D eigenvalue weighted by atomic mass is 9.99. The smallest absolute Gasteiger partial charge is 0.394 e. The third-order valence-electron chi connectivity index (χ3n) is 13.4. The molecule has 0 bridgehead atoms. The molecule has 8 unspecified atom stereocenters. The molecular weight excluding hydrogens is 887 g/mol. The normalized spacial score (nSPS) is 20.4. The highest BCUT2D eigenvalue weighted by Crippen LogP contribution is 2.26. The van der Waals surface area contributed by atoms with Crippen LogP contribution in [0.3, 0.4) is 0 Å². The molecular formula is C54H103NO12S. The second-order valence-corrected chi connectivity index (χ2v) is 20.7. The summed E-state index contributed by atoms with van der Waals surface area (Å²) in [6, 6.07) is -1.04. The van der Waals surface area contributed by atoms with E-state index >= 15 is 0 Å². The first kappa shape index (κ1) is 64.6. The van der Waals surface area contributed by atoms with Crippen LogP contribution < -0.4 is 5.32 Å². The number of ether oxygens (including phenoxy) is 2. The van der Waals surface area contributed by atoms with Crippen molar-refractivity contribution in [3.8, 4) is 0 Å². The largest absolute Gasteiger partial charge is 0.397 e. The number of aliphatic hydroxyl groups excluding tert-OH is 5. The topological polar surface area (TPSA) is 212 Å². The predicted octanol–water partition coefficient (Wildman–Crippen LogP) is 11.4. The highest BCUT2D eigenvalue weighted by molar-refractivity contribution is 7.80. The zero-order valence-electron chi connectivity index (χ0n) is 43.0. The Hall–Kier alpha value is -1.46. The van der Waals surface area contributed by atoms with Gasteiger partial charge in [-0.25, -0.2) is 4.18 Å². The van der Waals surface area contributed by atoms with E-state index in [1.165, 1.54) is 148 Å². The lowest BCUT2D eigenvalue weighted by Gasteiger charge is -2.41. The maximum absolute atomic E-state index is 13.2. The Morgan fingerprint density at radius 1 is 0.588 bits per heavy atom. The number of aliphatic hydroxyl groups is 5. The summed E-state index contributed by atoms with van der Waals surface area (Å²) < 4.78 is 47.8. The molecule has 1 saturated heterocycles. The lowest BCUT2D eigenvalue weighted by Crippen LogP contribution is -2.61. The van der Waals surface area contributed by atoms with Crippen molar-refractivity contribution in [2.75, 3.05) is 13.2 Å². The van der Waals surface area contributed by atoms with Gasteiger partial charge in [-0.15, -0.1) is 0 Å². The summed E-state index contributed by atoms with van der Waals surface area (Å²) in [7, 11) is -5.11. The van der Waals surface area contributed by atoms with Crippen LogP contribution in [0.25, 0.3) is 0 Å². The highest BCUT2D eigenvalue weighted by Gasteiger charge is 2.48. The maximum Gasteiger partial charge on any atom is 0.397 e. The van der Waals surface area contributed by atoms with Gasteiger partial charge in [-0.3, -0.25) is 9.35 Å². The fourth-order valence-corrected chi connectivity index (χ4v) is 9.48. The van der Waals surface area contributed by atoms with Gasteiger partial charge in [0.15, 0.2) is 6.29 Å². The van der Waals surface area contributed by atoms with E-state index in [9.17, 15) is 43.3 Å². The van der Waals surface area contributed by atoms with E-state index in [1.54, 1.807) is 0 Å². The Kier molecular flexibility index (Phi) is 42.0. The number of allylic oxidation sites excluding steroid dienone is 4. The van der Waals surface area contributed by atoms with Gasteiger partial charge >= 0.3 is 10.4 Å². The minimum absolute atomic E-state index is 0.249. The van der Waals surface area contributed by atoms with Crippen LogP contribution in [0.15, 0.2) is 24.3 Å². The lowest BCUT2D eigenvalue weighted by molar-refractivity contribution is -0.298. The molecule has 1 heterocycles. The van der Waals surface area contributed by atoms with Gasteiger partial charge < -0.3 is 40.3 Å². The first-order chi connectivity index (χ1) is 32.9. The molecule has 1 aliphatic rings. The molecule has 13 nitrogen and oxygen atoms in total. The number of amides is 1. The quantitative estimate of drug-likeness (QED) is 0.0172. The molecule has 0 aromatic rings. The number of carbonyl (C=O) groups excluding carboxylic acids is 1. The first-order valence-electron chi connectivity index (χ1n) is 27.8. The summed E-state index contributed by atoms with van der Waals surface area (Å²) in [6.45, 7) is 3.31. The molecule has 1 amide bonds. The van der Waals surface area contributed by atoms with Gasteiger partial charge in [0.25, 0.3) is 0 Å². The molecule has 14 heteroatoms. The van der Waals surface area contributed by atoms with Crippen molar-refractivity contribution in [2.45, 2.75) is 300 Å².